The molecule has 0 atom stereocenters. The summed E-state index contributed by atoms with van der Waals surface area (Å²) >= 11 is 0. The summed E-state index contributed by atoms with van der Waals surface area (Å²) in [7, 11) is 0. The molecule has 1 aliphatic heterocycles. The van der Waals surface area contributed by atoms with Crippen LogP contribution in [0.3, 0.4) is 0 Å². The summed E-state index contributed by atoms with van der Waals surface area (Å²) in [4.78, 5) is 9.55. The molecular formula is C21H19F6N7O. The van der Waals surface area contributed by atoms with Crippen LogP contribution in [-0.2, 0) is 0 Å². The maximum Gasteiger partial charge on any atom is 0.391 e. The van der Waals surface area contributed by atoms with E-state index in [-0.39, 0.29) is 55.1 Å². The molecule has 186 valence electrons. The molecule has 0 aliphatic carbocycles. The Morgan fingerprint density at radius 2 is 1.77 bits per heavy atom. The molecule has 8 nitrogen and oxygen atoms in total. The van der Waals surface area contributed by atoms with E-state index >= 15 is 0 Å². The first-order valence-corrected chi connectivity index (χ1v) is 10.4. The average molecular weight is 499 g/mol. The number of anilines is 4. The lowest BCUT2D eigenvalue weighted by molar-refractivity contribution is -0.179. The van der Waals surface area contributed by atoms with Gasteiger partial charge in [0.25, 0.3) is 0 Å². The van der Waals surface area contributed by atoms with E-state index in [0.717, 1.165) is 6.20 Å². The smallest absolute Gasteiger partial charge is 0.391 e. The van der Waals surface area contributed by atoms with Crippen molar-refractivity contribution in [3.05, 3.63) is 42.3 Å². The summed E-state index contributed by atoms with van der Waals surface area (Å²) in [6.07, 6.45) is -3.57. The Bertz CT molecular complexity index is 1170. The Kier molecular flexibility index (Phi) is 6.80. The number of nitrogens with two attached hydrogens (primary N) is 1. The second kappa shape index (κ2) is 9.80. The van der Waals surface area contributed by atoms with E-state index in [1.807, 2.05) is 0 Å². The van der Waals surface area contributed by atoms with E-state index in [4.69, 9.17) is 5.73 Å². The zero-order valence-corrected chi connectivity index (χ0v) is 17.9. The van der Waals surface area contributed by atoms with Gasteiger partial charge in [-0.3, -0.25) is 0 Å². The van der Waals surface area contributed by atoms with Crippen LogP contribution in [0.15, 0.2) is 36.5 Å². The van der Waals surface area contributed by atoms with Gasteiger partial charge in [0.1, 0.15) is 5.75 Å². The van der Waals surface area contributed by atoms with Gasteiger partial charge < -0.3 is 20.7 Å². The first-order chi connectivity index (χ1) is 16.6. The van der Waals surface area contributed by atoms with Crippen LogP contribution in [0.2, 0.25) is 0 Å². The Morgan fingerprint density at radius 3 is 2.40 bits per heavy atom. The van der Waals surface area contributed by atoms with Crippen molar-refractivity contribution < 1.29 is 31.1 Å². The average Bonchev–Trinajstić information content (AvgIpc) is 2.81. The van der Waals surface area contributed by atoms with Crippen LogP contribution in [-0.4, -0.2) is 46.0 Å². The van der Waals surface area contributed by atoms with Crippen LogP contribution in [0.4, 0.5) is 49.7 Å². The van der Waals surface area contributed by atoms with Crippen LogP contribution in [0, 0.1) is 11.7 Å². The molecule has 0 unspecified atom stereocenters. The fourth-order valence-corrected chi connectivity index (χ4v) is 3.64. The summed E-state index contributed by atoms with van der Waals surface area (Å²) in [6, 6.07) is 7.09. The number of halogens is 6. The fraction of sp³-hybridized carbons (Fsp3) is 0.333. The lowest BCUT2D eigenvalue weighted by atomic mass is 9.96. The van der Waals surface area contributed by atoms with Crippen molar-refractivity contribution >= 4 is 23.4 Å². The molecule has 1 aromatic carbocycles. The number of benzene rings is 1. The van der Waals surface area contributed by atoms with Crippen LogP contribution in [0.1, 0.15) is 12.8 Å². The summed E-state index contributed by atoms with van der Waals surface area (Å²) < 4.78 is 82.2. The number of nitrogens with one attached hydrogen (secondary N) is 1. The SMILES string of the molecule is Nc1nnc(Nc2nc(N3CCC(C(F)(F)F)CC3)ncc2F)cc1-c1ccc(OC(F)F)cc1. The molecule has 4 rings (SSSR count). The molecule has 1 fully saturated rings. The van der Waals surface area contributed by atoms with Gasteiger partial charge >= 0.3 is 12.8 Å². The van der Waals surface area contributed by atoms with Crippen LogP contribution in [0.5, 0.6) is 5.75 Å². The van der Waals surface area contributed by atoms with Gasteiger partial charge in [-0.2, -0.15) is 26.9 Å². The number of nitrogens with zero attached hydrogens (tertiary/aromatic N) is 5. The van der Waals surface area contributed by atoms with E-state index in [9.17, 15) is 26.3 Å². The van der Waals surface area contributed by atoms with Crippen LogP contribution >= 0.6 is 0 Å². The highest BCUT2D eigenvalue weighted by Crippen LogP contribution is 2.35. The molecule has 3 heterocycles. The number of aromatic nitrogens is 4. The zero-order valence-electron chi connectivity index (χ0n) is 17.9. The first-order valence-electron chi connectivity index (χ1n) is 10.4. The van der Waals surface area contributed by atoms with E-state index in [1.165, 1.54) is 30.3 Å². The molecule has 35 heavy (non-hydrogen) atoms. The molecular weight excluding hydrogens is 480 g/mol. The van der Waals surface area contributed by atoms with Crippen molar-refractivity contribution in [3.8, 4) is 16.9 Å². The number of hydrogen-bond donors (Lipinski definition) is 2. The number of piperidine rings is 1. The van der Waals surface area contributed by atoms with Crippen molar-refractivity contribution in [2.24, 2.45) is 5.92 Å². The maximum absolute atomic E-state index is 14.4. The van der Waals surface area contributed by atoms with Crippen molar-refractivity contribution in [1.82, 2.24) is 20.2 Å². The minimum absolute atomic E-state index is 0.0365. The molecule has 0 bridgehead atoms. The number of ether oxygens (including phenoxy) is 1. The minimum atomic E-state index is -4.26. The molecule has 14 heteroatoms. The molecule has 0 amide bonds. The van der Waals surface area contributed by atoms with Crippen molar-refractivity contribution in [1.29, 1.82) is 0 Å². The Morgan fingerprint density at radius 1 is 1.09 bits per heavy atom. The Labute approximate surface area is 195 Å². The molecule has 3 aromatic rings. The number of nitrogen functional groups attached to an aromatic ring is 1. The van der Waals surface area contributed by atoms with Crippen LogP contribution < -0.4 is 20.7 Å². The number of hydrogen-bond acceptors (Lipinski definition) is 8. The van der Waals surface area contributed by atoms with Crippen molar-refractivity contribution in [3.63, 3.8) is 0 Å². The highest BCUT2D eigenvalue weighted by atomic mass is 19.4. The molecule has 2 aromatic heterocycles. The van der Waals surface area contributed by atoms with Gasteiger partial charge in [-0.1, -0.05) is 12.1 Å². The lowest BCUT2D eigenvalue weighted by Gasteiger charge is -2.32. The summed E-state index contributed by atoms with van der Waals surface area (Å²) in [6.45, 7) is -2.81. The standard InChI is InChI=1S/C21H19F6N7O/c22-15-10-29-20(34-7-5-12(6-8-34)21(25,26)27)31-18(15)30-16-9-14(17(28)33-32-16)11-1-3-13(4-2-11)35-19(23)24/h1-4,9-10,12,19H,5-8H2,(H2,28,33)(H,29,30,31,32). The highest BCUT2D eigenvalue weighted by molar-refractivity contribution is 5.76. The van der Waals surface area contributed by atoms with E-state index in [2.05, 4.69) is 30.2 Å². The highest BCUT2D eigenvalue weighted by Gasteiger charge is 2.41. The van der Waals surface area contributed by atoms with Crippen molar-refractivity contribution in [2.75, 3.05) is 29.0 Å². The molecule has 1 aliphatic rings. The second-order valence-corrected chi connectivity index (χ2v) is 7.73. The van der Waals surface area contributed by atoms with Crippen molar-refractivity contribution in [2.45, 2.75) is 25.6 Å². The number of alkyl halides is 5. The van der Waals surface area contributed by atoms with Gasteiger partial charge in [0.15, 0.2) is 23.3 Å². The van der Waals surface area contributed by atoms with Gasteiger partial charge in [-0.25, -0.2) is 9.37 Å². The Hall–Kier alpha value is -3.84. The molecule has 3 N–H and O–H groups in total. The van der Waals surface area contributed by atoms with Crippen LogP contribution in [0.25, 0.3) is 11.1 Å². The quantitative estimate of drug-likeness (QED) is 0.468. The topological polar surface area (TPSA) is 102 Å². The van der Waals surface area contributed by atoms with E-state index in [1.54, 1.807) is 4.90 Å². The molecule has 0 radical (unpaired) electrons. The Balaban J connectivity index is 1.52. The van der Waals surface area contributed by atoms with Gasteiger partial charge in [0.05, 0.1) is 12.1 Å². The monoisotopic (exact) mass is 499 g/mol. The molecule has 0 spiro atoms. The molecule has 1 saturated heterocycles. The summed E-state index contributed by atoms with van der Waals surface area (Å²) in [5, 5.41) is 10.4. The molecule has 0 saturated carbocycles. The summed E-state index contributed by atoms with van der Waals surface area (Å²) in [5.74, 6) is -2.32. The van der Waals surface area contributed by atoms with E-state index < -0.39 is 24.5 Å². The predicted octanol–water partition coefficient (Wildman–Crippen LogP) is 4.78. The zero-order chi connectivity index (χ0) is 25.2. The van der Waals surface area contributed by atoms with Gasteiger partial charge in [-0.15, -0.1) is 10.2 Å². The fourth-order valence-electron chi connectivity index (χ4n) is 3.64. The van der Waals surface area contributed by atoms with Gasteiger partial charge in [-0.05, 0) is 36.6 Å². The minimum Gasteiger partial charge on any atom is -0.435 e. The lowest BCUT2D eigenvalue weighted by Crippen LogP contribution is -2.39. The maximum atomic E-state index is 14.4. The van der Waals surface area contributed by atoms with E-state index in [0.29, 0.717) is 11.1 Å². The number of rotatable bonds is 6. The van der Waals surface area contributed by atoms with Gasteiger partial charge in [0.2, 0.25) is 5.95 Å². The van der Waals surface area contributed by atoms with Gasteiger partial charge in [0, 0.05) is 18.7 Å². The normalized spacial score (nSPS) is 14.9. The third-order valence-electron chi connectivity index (χ3n) is 5.43. The third-order valence-corrected chi connectivity index (χ3v) is 5.43. The predicted molar refractivity (Wildman–Crippen MR) is 115 cm³/mol. The third kappa shape index (κ3) is 5.81. The largest absolute Gasteiger partial charge is 0.435 e. The summed E-state index contributed by atoms with van der Waals surface area (Å²) in [5.41, 5.74) is 6.78. The first kappa shape index (κ1) is 24.3. The second-order valence-electron chi connectivity index (χ2n) is 7.73.